The minimum absolute atomic E-state index is 0.0414. The molecule has 4 heteroatoms. The predicted molar refractivity (Wildman–Crippen MR) is 38.2 cm³/mol. The zero-order valence-electron chi connectivity index (χ0n) is 5.66. The number of aromatic nitrogens is 1. The van der Waals surface area contributed by atoms with E-state index in [1.165, 1.54) is 6.07 Å². The molecule has 2 rings (SSSR count). The zero-order valence-corrected chi connectivity index (χ0v) is 5.66. The molecule has 0 saturated carbocycles. The van der Waals surface area contributed by atoms with Gasteiger partial charge in [0.25, 0.3) is 0 Å². The molecule has 1 aromatic heterocycles. The summed E-state index contributed by atoms with van der Waals surface area (Å²) in [5.74, 6) is -0.113. The average molecular weight is 150 g/mol. The van der Waals surface area contributed by atoms with Crippen LogP contribution in [-0.4, -0.2) is 16.0 Å². The molecule has 1 amide bonds. The smallest absolute Gasteiger partial charge is 0.230 e. The SMILES string of the molecule is O=C1Cc2nc(O)ccc2N1. The predicted octanol–water partition coefficient (Wildman–Crippen LogP) is 0.282. The maximum Gasteiger partial charge on any atom is 0.230 e. The molecular formula is C7H6N2O2. The second-order valence-electron chi connectivity index (χ2n) is 2.39. The number of carbonyl (C=O) groups is 1. The van der Waals surface area contributed by atoms with Crippen molar-refractivity contribution in [2.24, 2.45) is 0 Å². The standard InChI is InChI=1S/C7H6N2O2/c10-6-2-1-4-5(9-6)3-7(11)8-4/h1-2H,3H2,(H,8,11)(H,9,10). The molecule has 0 aliphatic carbocycles. The lowest BCUT2D eigenvalue weighted by Gasteiger charge is -1.95. The molecule has 0 bridgehead atoms. The quantitative estimate of drug-likeness (QED) is 0.558. The van der Waals surface area contributed by atoms with Crippen molar-refractivity contribution in [3.63, 3.8) is 0 Å². The first kappa shape index (κ1) is 6.15. The number of nitrogens with zero attached hydrogens (tertiary/aromatic N) is 1. The van der Waals surface area contributed by atoms with Gasteiger partial charge in [-0.05, 0) is 6.07 Å². The van der Waals surface area contributed by atoms with E-state index in [0.29, 0.717) is 11.4 Å². The second-order valence-corrected chi connectivity index (χ2v) is 2.39. The summed E-state index contributed by atoms with van der Waals surface area (Å²) in [4.78, 5) is 14.6. The monoisotopic (exact) mass is 150 g/mol. The van der Waals surface area contributed by atoms with Crippen LogP contribution in [0.1, 0.15) is 5.69 Å². The van der Waals surface area contributed by atoms with Crippen molar-refractivity contribution >= 4 is 11.6 Å². The highest BCUT2D eigenvalue weighted by Gasteiger charge is 2.18. The zero-order chi connectivity index (χ0) is 7.84. The van der Waals surface area contributed by atoms with Crippen LogP contribution in [0.4, 0.5) is 5.69 Å². The number of amides is 1. The molecule has 0 atom stereocenters. The minimum Gasteiger partial charge on any atom is -0.493 e. The highest BCUT2D eigenvalue weighted by Crippen LogP contribution is 2.22. The number of hydrogen-bond donors (Lipinski definition) is 2. The van der Waals surface area contributed by atoms with Gasteiger partial charge >= 0.3 is 0 Å². The van der Waals surface area contributed by atoms with Gasteiger partial charge in [0.1, 0.15) is 0 Å². The fourth-order valence-electron chi connectivity index (χ4n) is 1.08. The number of fused-ring (bicyclic) bond motifs is 1. The van der Waals surface area contributed by atoms with Crippen LogP contribution in [0.5, 0.6) is 5.88 Å². The molecule has 0 saturated heterocycles. The molecule has 11 heavy (non-hydrogen) atoms. The Morgan fingerprint density at radius 3 is 3.18 bits per heavy atom. The maximum atomic E-state index is 10.8. The Morgan fingerprint density at radius 2 is 2.36 bits per heavy atom. The number of nitrogens with one attached hydrogen (secondary N) is 1. The Hall–Kier alpha value is -1.58. The Labute approximate surface area is 62.9 Å². The van der Waals surface area contributed by atoms with Crippen LogP contribution in [0.3, 0.4) is 0 Å². The summed E-state index contributed by atoms with van der Waals surface area (Å²) in [6, 6.07) is 3.09. The Bertz CT molecular complexity index is 322. The average Bonchev–Trinajstić information content (AvgIpc) is 2.27. The summed E-state index contributed by atoms with van der Waals surface area (Å²) in [5.41, 5.74) is 1.32. The van der Waals surface area contributed by atoms with E-state index < -0.39 is 0 Å². The van der Waals surface area contributed by atoms with Crippen LogP contribution < -0.4 is 5.32 Å². The number of pyridine rings is 1. The summed E-state index contributed by atoms with van der Waals surface area (Å²) >= 11 is 0. The number of aromatic hydroxyl groups is 1. The third-order valence-corrected chi connectivity index (χ3v) is 1.56. The lowest BCUT2D eigenvalue weighted by molar-refractivity contribution is -0.115. The van der Waals surface area contributed by atoms with Crippen molar-refractivity contribution in [1.29, 1.82) is 0 Å². The number of hydrogen-bond acceptors (Lipinski definition) is 3. The van der Waals surface area contributed by atoms with E-state index in [1.807, 2.05) is 0 Å². The number of rotatable bonds is 0. The number of carbonyl (C=O) groups excluding carboxylic acids is 1. The van der Waals surface area contributed by atoms with Gasteiger partial charge in [0.05, 0.1) is 17.8 Å². The Balaban J connectivity index is 2.51. The first-order valence-corrected chi connectivity index (χ1v) is 3.24. The third-order valence-electron chi connectivity index (χ3n) is 1.56. The topological polar surface area (TPSA) is 62.2 Å². The van der Waals surface area contributed by atoms with Gasteiger partial charge in [-0.15, -0.1) is 0 Å². The molecule has 56 valence electrons. The molecule has 1 aliphatic rings. The van der Waals surface area contributed by atoms with E-state index in [2.05, 4.69) is 10.3 Å². The summed E-state index contributed by atoms with van der Waals surface area (Å²) in [6.07, 6.45) is 0.268. The normalized spacial score (nSPS) is 14.4. The minimum atomic E-state index is -0.0712. The molecule has 1 aliphatic heterocycles. The van der Waals surface area contributed by atoms with Crippen LogP contribution in [0, 0.1) is 0 Å². The summed E-state index contributed by atoms with van der Waals surface area (Å²) in [5, 5.41) is 11.5. The third kappa shape index (κ3) is 0.920. The first-order chi connectivity index (χ1) is 5.25. The van der Waals surface area contributed by atoms with E-state index in [0.717, 1.165) is 0 Å². The van der Waals surface area contributed by atoms with Crippen molar-refractivity contribution in [2.75, 3.05) is 5.32 Å². The van der Waals surface area contributed by atoms with E-state index in [4.69, 9.17) is 5.11 Å². The highest BCUT2D eigenvalue weighted by molar-refractivity contribution is 5.98. The molecule has 2 heterocycles. The first-order valence-electron chi connectivity index (χ1n) is 3.24. The van der Waals surface area contributed by atoms with E-state index >= 15 is 0 Å². The van der Waals surface area contributed by atoms with Crippen LogP contribution in [0.15, 0.2) is 12.1 Å². The molecular weight excluding hydrogens is 144 g/mol. The Morgan fingerprint density at radius 1 is 1.55 bits per heavy atom. The van der Waals surface area contributed by atoms with Gasteiger partial charge in [0.2, 0.25) is 11.8 Å². The molecule has 2 N–H and O–H groups in total. The molecule has 0 radical (unpaired) electrons. The summed E-state index contributed by atoms with van der Waals surface area (Å²) in [6.45, 7) is 0. The van der Waals surface area contributed by atoms with Crippen molar-refractivity contribution in [1.82, 2.24) is 4.98 Å². The van der Waals surface area contributed by atoms with Crippen LogP contribution in [-0.2, 0) is 11.2 Å². The van der Waals surface area contributed by atoms with Gasteiger partial charge in [-0.25, -0.2) is 4.98 Å². The summed E-state index contributed by atoms with van der Waals surface area (Å²) < 4.78 is 0. The molecule has 0 aromatic carbocycles. The Kier molecular flexibility index (Phi) is 1.09. The van der Waals surface area contributed by atoms with Gasteiger partial charge in [0.15, 0.2) is 0 Å². The molecule has 0 spiro atoms. The van der Waals surface area contributed by atoms with Crippen LogP contribution >= 0.6 is 0 Å². The van der Waals surface area contributed by atoms with E-state index in [1.54, 1.807) is 6.07 Å². The largest absolute Gasteiger partial charge is 0.493 e. The van der Waals surface area contributed by atoms with Crippen molar-refractivity contribution in [3.8, 4) is 5.88 Å². The second kappa shape index (κ2) is 1.95. The van der Waals surface area contributed by atoms with Crippen molar-refractivity contribution in [2.45, 2.75) is 6.42 Å². The van der Waals surface area contributed by atoms with E-state index in [9.17, 15) is 4.79 Å². The molecule has 0 fully saturated rings. The van der Waals surface area contributed by atoms with Crippen LogP contribution in [0.2, 0.25) is 0 Å². The van der Waals surface area contributed by atoms with Crippen molar-refractivity contribution < 1.29 is 9.90 Å². The molecule has 4 nitrogen and oxygen atoms in total. The fourth-order valence-corrected chi connectivity index (χ4v) is 1.08. The van der Waals surface area contributed by atoms with Crippen LogP contribution in [0.25, 0.3) is 0 Å². The number of anilines is 1. The summed E-state index contributed by atoms with van der Waals surface area (Å²) in [7, 11) is 0. The van der Waals surface area contributed by atoms with Gasteiger partial charge < -0.3 is 10.4 Å². The highest BCUT2D eigenvalue weighted by atomic mass is 16.3. The molecule has 1 aromatic rings. The maximum absolute atomic E-state index is 10.8. The molecule has 0 unspecified atom stereocenters. The lowest BCUT2D eigenvalue weighted by atomic mass is 10.3. The van der Waals surface area contributed by atoms with Gasteiger partial charge in [-0.2, -0.15) is 0 Å². The lowest BCUT2D eigenvalue weighted by Crippen LogP contribution is -2.03. The van der Waals surface area contributed by atoms with Gasteiger partial charge in [-0.3, -0.25) is 4.79 Å². The van der Waals surface area contributed by atoms with Gasteiger partial charge in [-0.1, -0.05) is 0 Å². The van der Waals surface area contributed by atoms with Crippen molar-refractivity contribution in [3.05, 3.63) is 17.8 Å². The van der Waals surface area contributed by atoms with Gasteiger partial charge in [0, 0.05) is 6.07 Å². The fraction of sp³-hybridized carbons (Fsp3) is 0.143. The van der Waals surface area contributed by atoms with E-state index in [-0.39, 0.29) is 18.2 Å².